The molecule has 0 spiro atoms. The van der Waals surface area contributed by atoms with E-state index < -0.39 is 0 Å². The maximum Gasteiger partial charge on any atom is 0.244 e. The lowest BCUT2D eigenvalue weighted by molar-refractivity contribution is -0.136. The molecular weight excluding hydrogens is 240 g/mol. The molecule has 0 saturated carbocycles. The molecule has 1 aliphatic heterocycles. The predicted octanol–water partition coefficient (Wildman–Crippen LogP) is 0.505. The summed E-state index contributed by atoms with van der Waals surface area (Å²) in [7, 11) is 3.61. The summed E-state index contributed by atoms with van der Waals surface area (Å²) in [6, 6.07) is 3.97. The quantitative estimate of drug-likeness (QED) is 0.862. The monoisotopic (exact) mass is 262 g/mol. The van der Waals surface area contributed by atoms with Crippen molar-refractivity contribution in [1.29, 1.82) is 0 Å². The molecule has 5 nitrogen and oxygen atoms in total. The van der Waals surface area contributed by atoms with Crippen molar-refractivity contribution in [2.24, 2.45) is 0 Å². The Morgan fingerprint density at radius 1 is 1.58 bits per heavy atom. The number of piperazine rings is 1. The highest BCUT2D eigenvalue weighted by molar-refractivity contribution is 5.82. The van der Waals surface area contributed by atoms with Gasteiger partial charge in [0, 0.05) is 52.2 Å². The van der Waals surface area contributed by atoms with Crippen LogP contribution >= 0.6 is 0 Å². The van der Waals surface area contributed by atoms with Gasteiger partial charge in [0.05, 0.1) is 0 Å². The highest BCUT2D eigenvalue weighted by Crippen LogP contribution is 2.24. The number of carbonyl (C=O) groups excluding carboxylic acids is 1. The molecule has 1 amide bonds. The standard InChI is InChI=1S/C14H22N4O/c1-11-9-16-7-8-18(11)13(14(19)17(2)3)12-5-4-6-15-10-12/h4-6,10-11,13,16H,7-9H2,1-3H3. The molecule has 104 valence electrons. The van der Waals surface area contributed by atoms with Crippen LogP contribution in [-0.2, 0) is 4.79 Å². The molecular formula is C14H22N4O. The first-order chi connectivity index (χ1) is 9.11. The molecule has 0 aromatic carbocycles. The van der Waals surface area contributed by atoms with Crippen molar-refractivity contribution in [3.63, 3.8) is 0 Å². The summed E-state index contributed by atoms with van der Waals surface area (Å²) < 4.78 is 0. The van der Waals surface area contributed by atoms with Crippen molar-refractivity contribution in [2.45, 2.75) is 19.0 Å². The van der Waals surface area contributed by atoms with E-state index in [4.69, 9.17) is 0 Å². The van der Waals surface area contributed by atoms with Gasteiger partial charge in [-0.2, -0.15) is 0 Å². The Morgan fingerprint density at radius 3 is 2.95 bits per heavy atom. The van der Waals surface area contributed by atoms with Gasteiger partial charge in [0.1, 0.15) is 6.04 Å². The summed E-state index contributed by atoms with van der Waals surface area (Å²) in [6.07, 6.45) is 3.53. The number of hydrogen-bond acceptors (Lipinski definition) is 4. The Balaban J connectivity index is 2.31. The topological polar surface area (TPSA) is 48.5 Å². The Kier molecular flexibility index (Phi) is 4.50. The summed E-state index contributed by atoms with van der Waals surface area (Å²) in [5.41, 5.74) is 0.968. The van der Waals surface area contributed by atoms with Crippen LogP contribution in [0.25, 0.3) is 0 Å². The Hall–Kier alpha value is -1.46. The average molecular weight is 262 g/mol. The summed E-state index contributed by atoms with van der Waals surface area (Å²) in [4.78, 5) is 20.6. The number of carbonyl (C=O) groups is 1. The molecule has 1 fully saturated rings. The highest BCUT2D eigenvalue weighted by atomic mass is 16.2. The van der Waals surface area contributed by atoms with Gasteiger partial charge in [0.15, 0.2) is 0 Å². The molecule has 2 atom stereocenters. The van der Waals surface area contributed by atoms with E-state index in [-0.39, 0.29) is 11.9 Å². The molecule has 5 heteroatoms. The first-order valence-corrected chi connectivity index (χ1v) is 6.69. The van der Waals surface area contributed by atoms with Crippen LogP contribution in [0.2, 0.25) is 0 Å². The van der Waals surface area contributed by atoms with Gasteiger partial charge in [0.2, 0.25) is 5.91 Å². The van der Waals surface area contributed by atoms with Gasteiger partial charge in [-0.15, -0.1) is 0 Å². The lowest BCUT2D eigenvalue weighted by atomic mass is 10.0. The zero-order valence-corrected chi connectivity index (χ0v) is 11.8. The smallest absolute Gasteiger partial charge is 0.244 e. The molecule has 1 aromatic rings. The maximum atomic E-state index is 12.5. The molecule has 0 aliphatic carbocycles. The van der Waals surface area contributed by atoms with E-state index in [2.05, 4.69) is 22.1 Å². The van der Waals surface area contributed by atoms with E-state index in [9.17, 15) is 4.79 Å². The number of amides is 1. The number of aromatic nitrogens is 1. The molecule has 2 unspecified atom stereocenters. The van der Waals surface area contributed by atoms with Crippen LogP contribution in [0.1, 0.15) is 18.5 Å². The first-order valence-electron chi connectivity index (χ1n) is 6.69. The second-order valence-corrected chi connectivity index (χ2v) is 5.21. The molecule has 1 aliphatic rings. The second-order valence-electron chi connectivity index (χ2n) is 5.21. The third kappa shape index (κ3) is 3.11. The number of hydrogen-bond donors (Lipinski definition) is 1. The van der Waals surface area contributed by atoms with E-state index in [0.717, 1.165) is 25.2 Å². The average Bonchev–Trinajstić information content (AvgIpc) is 2.42. The predicted molar refractivity (Wildman–Crippen MR) is 74.7 cm³/mol. The summed E-state index contributed by atoms with van der Waals surface area (Å²) in [5, 5.41) is 3.36. The number of pyridine rings is 1. The fourth-order valence-corrected chi connectivity index (χ4v) is 2.50. The second kappa shape index (κ2) is 6.12. The van der Waals surface area contributed by atoms with Gasteiger partial charge in [-0.3, -0.25) is 14.7 Å². The molecule has 2 heterocycles. The van der Waals surface area contributed by atoms with Crippen molar-refractivity contribution in [3.8, 4) is 0 Å². The van der Waals surface area contributed by atoms with Crippen molar-refractivity contribution < 1.29 is 4.79 Å². The van der Waals surface area contributed by atoms with Gasteiger partial charge in [-0.25, -0.2) is 0 Å². The number of nitrogens with one attached hydrogen (secondary N) is 1. The molecule has 19 heavy (non-hydrogen) atoms. The van der Waals surface area contributed by atoms with Crippen molar-refractivity contribution in [1.82, 2.24) is 20.1 Å². The van der Waals surface area contributed by atoms with E-state index in [1.165, 1.54) is 0 Å². The molecule has 2 rings (SSSR count). The number of likely N-dealkylation sites (N-methyl/N-ethyl adjacent to an activating group) is 1. The van der Waals surface area contributed by atoms with Gasteiger partial charge in [-0.05, 0) is 18.6 Å². The SMILES string of the molecule is CC1CNCCN1C(C(=O)N(C)C)c1cccnc1. The van der Waals surface area contributed by atoms with Gasteiger partial charge < -0.3 is 10.2 Å². The minimum atomic E-state index is -0.235. The van der Waals surface area contributed by atoms with Crippen molar-refractivity contribution >= 4 is 5.91 Å². The Morgan fingerprint density at radius 2 is 2.37 bits per heavy atom. The lowest BCUT2D eigenvalue weighted by Gasteiger charge is -2.40. The van der Waals surface area contributed by atoms with Crippen LogP contribution in [0, 0.1) is 0 Å². The molecule has 0 radical (unpaired) electrons. The Bertz CT molecular complexity index is 421. The van der Waals surface area contributed by atoms with Crippen LogP contribution in [0.4, 0.5) is 0 Å². The van der Waals surface area contributed by atoms with E-state index in [0.29, 0.717) is 6.04 Å². The van der Waals surface area contributed by atoms with E-state index >= 15 is 0 Å². The van der Waals surface area contributed by atoms with Crippen LogP contribution in [0.15, 0.2) is 24.5 Å². The van der Waals surface area contributed by atoms with Crippen molar-refractivity contribution in [2.75, 3.05) is 33.7 Å². The fourth-order valence-electron chi connectivity index (χ4n) is 2.50. The number of nitrogens with zero attached hydrogens (tertiary/aromatic N) is 3. The highest BCUT2D eigenvalue weighted by Gasteiger charge is 2.33. The molecule has 1 saturated heterocycles. The van der Waals surface area contributed by atoms with Crippen LogP contribution in [0.3, 0.4) is 0 Å². The zero-order valence-electron chi connectivity index (χ0n) is 11.8. The minimum absolute atomic E-state index is 0.113. The zero-order chi connectivity index (χ0) is 13.8. The maximum absolute atomic E-state index is 12.5. The Labute approximate surface area is 114 Å². The third-order valence-corrected chi connectivity index (χ3v) is 3.56. The summed E-state index contributed by atoms with van der Waals surface area (Å²) in [6.45, 7) is 4.86. The lowest BCUT2D eigenvalue weighted by Crippen LogP contribution is -2.54. The van der Waals surface area contributed by atoms with Crippen LogP contribution in [-0.4, -0.2) is 60.5 Å². The van der Waals surface area contributed by atoms with Gasteiger partial charge in [-0.1, -0.05) is 6.07 Å². The number of rotatable bonds is 3. The molecule has 1 aromatic heterocycles. The van der Waals surface area contributed by atoms with Gasteiger partial charge in [0.25, 0.3) is 0 Å². The van der Waals surface area contributed by atoms with E-state index in [1.54, 1.807) is 31.4 Å². The van der Waals surface area contributed by atoms with Crippen molar-refractivity contribution in [3.05, 3.63) is 30.1 Å². The first kappa shape index (κ1) is 14.0. The minimum Gasteiger partial charge on any atom is -0.347 e. The van der Waals surface area contributed by atoms with Gasteiger partial charge >= 0.3 is 0 Å². The largest absolute Gasteiger partial charge is 0.347 e. The summed E-state index contributed by atoms with van der Waals surface area (Å²) >= 11 is 0. The van der Waals surface area contributed by atoms with Crippen LogP contribution < -0.4 is 5.32 Å². The van der Waals surface area contributed by atoms with Crippen LogP contribution in [0.5, 0.6) is 0 Å². The third-order valence-electron chi connectivity index (χ3n) is 3.56. The summed E-state index contributed by atoms with van der Waals surface area (Å²) in [5.74, 6) is 0.113. The molecule has 0 bridgehead atoms. The fraction of sp³-hybridized carbons (Fsp3) is 0.571. The molecule has 1 N–H and O–H groups in total. The van der Waals surface area contributed by atoms with E-state index in [1.807, 2.05) is 12.1 Å². The normalized spacial score (nSPS) is 21.9.